The van der Waals surface area contributed by atoms with E-state index in [1.54, 1.807) is 24.3 Å². The summed E-state index contributed by atoms with van der Waals surface area (Å²) in [6, 6.07) is 9.44. The first kappa shape index (κ1) is 17.4. The molecule has 4 N–H and O–H groups in total. The summed E-state index contributed by atoms with van der Waals surface area (Å²) in [6.07, 6.45) is 0. The molecule has 0 atom stereocenters. The fourth-order valence-corrected chi connectivity index (χ4v) is 2.37. The van der Waals surface area contributed by atoms with E-state index in [2.05, 4.69) is 10.6 Å². The van der Waals surface area contributed by atoms with E-state index in [9.17, 15) is 9.59 Å². The molecule has 2 aromatic rings. The second kappa shape index (κ2) is 7.55. The number of primary amides is 1. The Hall–Kier alpha value is -1.95. The third-order valence-corrected chi connectivity index (χ3v) is 3.92. The van der Waals surface area contributed by atoms with Gasteiger partial charge < -0.3 is 16.4 Å². The van der Waals surface area contributed by atoms with Crippen molar-refractivity contribution in [2.24, 2.45) is 5.73 Å². The van der Waals surface area contributed by atoms with E-state index < -0.39 is 5.91 Å². The van der Waals surface area contributed by atoms with Crippen molar-refractivity contribution in [1.82, 2.24) is 0 Å². The van der Waals surface area contributed by atoms with Gasteiger partial charge in [0.1, 0.15) is 0 Å². The SMILES string of the molecule is NC(=O)c1cccc(NCC(=O)Nc2cc(Cl)c(Cl)cc2Cl)c1. The molecule has 0 saturated heterocycles. The number of anilines is 2. The topological polar surface area (TPSA) is 84.2 Å². The Morgan fingerprint density at radius 1 is 1.00 bits per heavy atom. The Bertz CT molecular complexity index is 766. The van der Waals surface area contributed by atoms with E-state index in [-0.39, 0.29) is 22.5 Å². The van der Waals surface area contributed by atoms with Crippen molar-refractivity contribution in [3.8, 4) is 0 Å². The van der Waals surface area contributed by atoms with Crippen molar-refractivity contribution < 1.29 is 9.59 Å². The Labute approximate surface area is 147 Å². The number of rotatable bonds is 5. The lowest BCUT2D eigenvalue weighted by atomic mass is 10.2. The van der Waals surface area contributed by atoms with Gasteiger partial charge in [-0.15, -0.1) is 0 Å². The van der Waals surface area contributed by atoms with Crippen LogP contribution < -0.4 is 16.4 Å². The summed E-state index contributed by atoms with van der Waals surface area (Å²) < 4.78 is 0. The number of nitrogens with two attached hydrogens (primary N) is 1. The van der Waals surface area contributed by atoms with Crippen molar-refractivity contribution in [3.05, 3.63) is 57.0 Å². The van der Waals surface area contributed by atoms with E-state index >= 15 is 0 Å². The number of carbonyl (C=O) groups excluding carboxylic acids is 2. The lowest BCUT2D eigenvalue weighted by Crippen LogP contribution is -2.22. The maximum absolute atomic E-state index is 12.0. The highest BCUT2D eigenvalue weighted by molar-refractivity contribution is 6.44. The second-order valence-electron chi connectivity index (χ2n) is 4.59. The molecule has 2 aromatic carbocycles. The lowest BCUT2D eigenvalue weighted by molar-refractivity contribution is -0.114. The van der Waals surface area contributed by atoms with E-state index in [0.29, 0.717) is 22.0 Å². The van der Waals surface area contributed by atoms with Gasteiger partial charge in [0.2, 0.25) is 11.8 Å². The third kappa shape index (κ3) is 4.76. The van der Waals surface area contributed by atoms with Gasteiger partial charge in [-0.05, 0) is 30.3 Å². The molecule has 8 heteroatoms. The third-order valence-electron chi connectivity index (χ3n) is 2.88. The van der Waals surface area contributed by atoms with Crippen LogP contribution in [0.1, 0.15) is 10.4 Å². The summed E-state index contributed by atoms with van der Waals surface area (Å²) in [5, 5.41) is 6.37. The van der Waals surface area contributed by atoms with Crippen LogP contribution in [0, 0.1) is 0 Å². The Morgan fingerprint density at radius 2 is 1.70 bits per heavy atom. The van der Waals surface area contributed by atoms with Crippen LogP contribution in [0.15, 0.2) is 36.4 Å². The summed E-state index contributed by atoms with van der Waals surface area (Å²) in [7, 11) is 0. The summed E-state index contributed by atoms with van der Waals surface area (Å²) in [6.45, 7) is -0.0290. The predicted octanol–water partition coefficient (Wildman–Crippen LogP) is 3.80. The van der Waals surface area contributed by atoms with Gasteiger partial charge in [0, 0.05) is 11.3 Å². The minimum absolute atomic E-state index is 0.0290. The summed E-state index contributed by atoms with van der Waals surface area (Å²) in [5.74, 6) is -0.879. The highest BCUT2D eigenvalue weighted by Gasteiger charge is 2.09. The molecule has 0 saturated carbocycles. The number of hydrogen-bond donors (Lipinski definition) is 3. The minimum atomic E-state index is -0.541. The molecule has 0 aromatic heterocycles. The van der Waals surface area contributed by atoms with Crippen LogP contribution in [0.3, 0.4) is 0 Å². The molecule has 0 spiro atoms. The van der Waals surface area contributed by atoms with Crippen LogP contribution in [-0.4, -0.2) is 18.4 Å². The molecule has 0 bridgehead atoms. The molecule has 0 aliphatic carbocycles. The molecule has 0 fully saturated rings. The normalized spacial score (nSPS) is 10.2. The first-order chi connectivity index (χ1) is 10.9. The van der Waals surface area contributed by atoms with Gasteiger partial charge in [0.15, 0.2) is 0 Å². The zero-order valence-corrected chi connectivity index (χ0v) is 14.0. The smallest absolute Gasteiger partial charge is 0.248 e. The van der Waals surface area contributed by atoms with Crippen molar-refractivity contribution in [3.63, 3.8) is 0 Å². The molecule has 2 rings (SSSR count). The van der Waals surface area contributed by atoms with Crippen molar-refractivity contribution in [1.29, 1.82) is 0 Å². The number of amides is 2. The molecule has 0 unspecified atom stereocenters. The van der Waals surface area contributed by atoms with E-state index in [1.807, 2.05) is 0 Å². The molecule has 0 heterocycles. The summed E-state index contributed by atoms with van der Waals surface area (Å²) >= 11 is 17.7. The predicted molar refractivity (Wildman–Crippen MR) is 93.6 cm³/mol. The van der Waals surface area contributed by atoms with Gasteiger partial charge in [0.05, 0.1) is 27.3 Å². The van der Waals surface area contributed by atoms with Crippen LogP contribution in [0.25, 0.3) is 0 Å². The van der Waals surface area contributed by atoms with Gasteiger partial charge >= 0.3 is 0 Å². The number of hydrogen-bond acceptors (Lipinski definition) is 3. The highest BCUT2D eigenvalue weighted by atomic mass is 35.5. The second-order valence-corrected chi connectivity index (χ2v) is 5.81. The largest absolute Gasteiger partial charge is 0.376 e. The van der Waals surface area contributed by atoms with E-state index in [0.717, 1.165) is 0 Å². The molecule has 0 aliphatic heterocycles. The number of carbonyl (C=O) groups is 2. The molecule has 23 heavy (non-hydrogen) atoms. The van der Waals surface area contributed by atoms with Gasteiger partial charge in [-0.25, -0.2) is 0 Å². The average molecular weight is 373 g/mol. The van der Waals surface area contributed by atoms with Crippen LogP contribution >= 0.6 is 34.8 Å². The lowest BCUT2D eigenvalue weighted by Gasteiger charge is -2.10. The molecular weight excluding hydrogens is 361 g/mol. The maximum atomic E-state index is 12.0. The first-order valence-corrected chi connectivity index (χ1v) is 7.58. The standard InChI is InChI=1S/C15H12Cl3N3O2/c16-10-5-12(18)13(6-11(10)17)21-14(22)7-20-9-3-1-2-8(4-9)15(19)23/h1-6,20H,7H2,(H2,19,23)(H,21,22). The van der Waals surface area contributed by atoms with Crippen LogP contribution in [-0.2, 0) is 4.79 Å². The van der Waals surface area contributed by atoms with Crippen molar-refractivity contribution in [2.75, 3.05) is 17.2 Å². The number of benzene rings is 2. The van der Waals surface area contributed by atoms with Gasteiger partial charge in [-0.1, -0.05) is 40.9 Å². The van der Waals surface area contributed by atoms with Crippen LogP contribution in [0.4, 0.5) is 11.4 Å². The van der Waals surface area contributed by atoms with Crippen LogP contribution in [0.2, 0.25) is 15.1 Å². The molecule has 0 radical (unpaired) electrons. The summed E-state index contributed by atoms with van der Waals surface area (Å²) in [5.41, 5.74) is 6.50. The highest BCUT2D eigenvalue weighted by Crippen LogP contribution is 2.32. The van der Waals surface area contributed by atoms with E-state index in [4.69, 9.17) is 40.5 Å². The van der Waals surface area contributed by atoms with Gasteiger partial charge in [-0.2, -0.15) is 0 Å². The molecule has 120 valence electrons. The zero-order chi connectivity index (χ0) is 17.0. The average Bonchev–Trinajstić information content (AvgIpc) is 2.51. The van der Waals surface area contributed by atoms with Gasteiger partial charge in [-0.3, -0.25) is 9.59 Å². The number of nitrogens with one attached hydrogen (secondary N) is 2. The Balaban J connectivity index is 1.99. The molecule has 2 amide bonds. The molecule has 0 aliphatic rings. The Morgan fingerprint density at radius 3 is 2.39 bits per heavy atom. The van der Waals surface area contributed by atoms with Crippen molar-refractivity contribution in [2.45, 2.75) is 0 Å². The van der Waals surface area contributed by atoms with Crippen LogP contribution in [0.5, 0.6) is 0 Å². The quantitative estimate of drug-likeness (QED) is 0.698. The Kier molecular flexibility index (Phi) is 5.71. The maximum Gasteiger partial charge on any atom is 0.248 e. The molecular formula is C15H12Cl3N3O2. The zero-order valence-electron chi connectivity index (χ0n) is 11.7. The van der Waals surface area contributed by atoms with E-state index in [1.165, 1.54) is 12.1 Å². The van der Waals surface area contributed by atoms with Gasteiger partial charge in [0.25, 0.3) is 0 Å². The van der Waals surface area contributed by atoms with Crippen molar-refractivity contribution >= 4 is 58.0 Å². The minimum Gasteiger partial charge on any atom is -0.376 e. The fraction of sp³-hybridized carbons (Fsp3) is 0.0667. The molecule has 5 nitrogen and oxygen atoms in total. The monoisotopic (exact) mass is 371 g/mol. The fourth-order valence-electron chi connectivity index (χ4n) is 1.78. The summed E-state index contributed by atoms with van der Waals surface area (Å²) in [4.78, 5) is 23.1. The number of halogens is 3. The first-order valence-electron chi connectivity index (χ1n) is 6.45.